The molecule has 0 spiro atoms. The molecule has 0 saturated carbocycles. The summed E-state index contributed by atoms with van der Waals surface area (Å²) in [6.07, 6.45) is 1.62. The van der Waals surface area contributed by atoms with Crippen LogP contribution in [0.5, 0.6) is 0 Å². The minimum absolute atomic E-state index is 0.100. The minimum Gasteiger partial charge on any atom is -0.347 e. The summed E-state index contributed by atoms with van der Waals surface area (Å²) >= 11 is 0. The fourth-order valence-electron chi connectivity index (χ4n) is 3.32. The number of hydrogen-bond acceptors (Lipinski definition) is 3. The van der Waals surface area contributed by atoms with Gasteiger partial charge >= 0.3 is 0 Å². The Balaban J connectivity index is 1.78. The molecule has 5 nitrogen and oxygen atoms in total. The molecule has 1 atom stereocenters. The third-order valence-electron chi connectivity index (χ3n) is 5.00. The van der Waals surface area contributed by atoms with Gasteiger partial charge in [-0.3, -0.25) is 9.59 Å². The summed E-state index contributed by atoms with van der Waals surface area (Å²) in [5.41, 5.74) is 2.08. The monoisotopic (exact) mass is 377 g/mol. The Labute approximate surface area is 165 Å². The Kier molecular flexibility index (Phi) is 5.93. The molecule has 146 valence electrons. The van der Waals surface area contributed by atoms with Gasteiger partial charge < -0.3 is 5.32 Å². The van der Waals surface area contributed by atoms with Gasteiger partial charge in [-0.05, 0) is 29.0 Å². The molecule has 3 aromatic rings. The maximum Gasteiger partial charge on any atom is 0.275 e. The van der Waals surface area contributed by atoms with E-state index >= 15 is 0 Å². The lowest BCUT2D eigenvalue weighted by Gasteiger charge is -2.23. The normalized spacial score (nSPS) is 12.5. The van der Waals surface area contributed by atoms with Gasteiger partial charge in [-0.15, -0.1) is 0 Å². The molecule has 2 aromatic carbocycles. The molecule has 0 saturated heterocycles. The Hall–Kier alpha value is -2.95. The Bertz CT molecular complexity index is 1020. The van der Waals surface area contributed by atoms with E-state index in [1.54, 1.807) is 12.3 Å². The molecular formula is C23H27N3O2. The standard InChI is InChI=1S/C23H27N3O2/c1-15(2)17-9-11-18(12-10-17)22(16(3)4)25-21(27)14-26-23(28)20-8-6-5-7-19(20)13-24-26/h5-13,15-16,22H,14H2,1-4H3,(H,25,27)/t22-/m0/s1. The number of aromatic nitrogens is 2. The van der Waals surface area contributed by atoms with Crippen LogP contribution in [0.3, 0.4) is 0 Å². The maximum absolute atomic E-state index is 12.7. The molecule has 1 aromatic heterocycles. The number of hydrogen-bond donors (Lipinski definition) is 1. The predicted octanol–water partition coefficient (Wildman–Crippen LogP) is 4.03. The fourth-order valence-corrected chi connectivity index (χ4v) is 3.32. The van der Waals surface area contributed by atoms with Gasteiger partial charge in [0.2, 0.25) is 5.91 Å². The summed E-state index contributed by atoms with van der Waals surface area (Å²) in [5.74, 6) is 0.457. The van der Waals surface area contributed by atoms with Crippen molar-refractivity contribution in [2.45, 2.75) is 46.2 Å². The van der Waals surface area contributed by atoms with Crippen LogP contribution in [-0.4, -0.2) is 15.7 Å². The average molecular weight is 377 g/mol. The zero-order valence-corrected chi connectivity index (χ0v) is 16.8. The van der Waals surface area contributed by atoms with Gasteiger partial charge in [0.25, 0.3) is 5.56 Å². The molecule has 28 heavy (non-hydrogen) atoms. The Morgan fingerprint density at radius 3 is 2.29 bits per heavy atom. The summed E-state index contributed by atoms with van der Waals surface area (Å²) in [4.78, 5) is 25.2. The molecule has 1 amide bonds. The number of amides is 1. The van der Waals surface area contributed by atoms with Crippen LogP contribution in [0.1, 0.15) is 50.8 Å². The van der Waals surface area contributed by atoms with E-state index in [1.165, 1.54) is 10.2 Å². The molecule has 0 bridgehead atoms. The van der Waals surface area contributed by atoms with Crippen LogP contribution < -0.4 is 10.9 Å². The topological polar surface area (TPSA) is 64.0 Å². The molecule has 5 heteroatoms. The quantitative estimate of drug-likeness (QED) is 0.705. The summed E-state index contributed by atoms with van der Waals surface area (Å²) in [5, 5.41) is 8.55. The van der Waals surface area contributed by atoms with E-state index < -0.39 is 0 Å². The van der Waals surface area contributed by atoms with E-state index in [-0.39, 0.29) is 30.0 Å². The van der Waals surface area contributed by atoms with Gasteiger partial charge in [0.15, 0.2) is 0 Å². The highest BCUT2D eigenvalue weighted by Gasteiger charge is 2.19. The molecule has 0 fully saturated rings. The summed E-state index contributed by atoms with van der Waals surface area (Å²) < 4.78 is 1.22. The Morgan fingerprint density at radius 1 is 1.00 bits per heavy atom. The lowest BCUT2D eigenvalue weighted by Crippen LogP contribution is -2.37. The van der Waals surface area contributed by atoms with E-state index in [1.807, 2.05) is 18.2 Å². The van der Waals surface area contributed by atoms with Crippen molar-refractivity contribution in [1.82, 2.24) is 15.1 Å². The van der Waals surface area contributed by atoms with Crippen LogP contribution in [0.25, 0.3) is 10.8 Å². The van der Waals surface area contributed by atoms with E-state index in [2.05, 4.69) is 62.4 Å². The van der Waals surface area contributed by atoms with Gasteiger partial charge in [-0.2, -0.15) is 5.10 Å². The molecular weight excluding hydrogens is 350 g/mol. The second kappa shape index (κ2) is 8.38. The molecule has 1 N–H and O–H groups in total. The molecule has 0 aliphatic rings. The Morgan fingerprint density at radius 2 is 1.64 bits per heavy atom. The first-order valence-corrected chi connectivity index (χ1v) is 9.71. The van der Waals surface area contributed by atoms with Crippen LogP contribution in [0.2, 0.25) is 0 Å². The van der Waals surface area contributed by atoms with Crippen LogP contribution in [0.15, 0.2) is 59.5 Å². The number of nitrogens with one attached hydrogen (secondary N) is 1. The number of carbonyl (C=O) groups excluding carboxylic acids is 1. The van der Waals surface area contributed by atoms with E-state index in [4.69, 9.17) is 0 Å². The predicted molar refractivity (Wildman–Crippen MR) is 112 cm³/mol. The van der Waals surface area contributed by atoms with Gasteiger partial charge in [0, 0.05) is 5.39 Å². The maximum atomic E-state index is 12.7. The molecule has 3 rings (SSSR count). The second-order valence-electron chi connectivity index (χ2n) is 7.81. The summed E-state index contributed by atoms with van der Waals surface area (Å²) in [6, 6.07) is 15.5. The van der Waals surface area contributed by atoms with Crippen LogP contribution in [-0.2, 0) is 11.3 Å². The van der Waals surface area contributed by atoms with Crippen molar-refractivity contribution in [3.63, 3.8) is 0 Å². The van der Waals surface area contributed by atoms with Crippen molar-refractivity contribution in [2.24, 2.45) is 5.92 Å². The highest BCUT2D eigenvalue weighted by molar-refractivity contribution is 5.81. The van der Waals surface area contributed by atoms with Crippen molar-refractivity contribution in [3.8, 4) is 0 Å². The van der Waals surface area contributed by atoms with Gasteiger partial charge in [0.05, 0.1) is 17.6 Å². The first-order valence-electron chi connectivity index (χ1n) is 9.71. The number of rotatable bonds is 6. The van der Waals surface area contributed by atoms with Crippen LogP contribution in [0, 0.1) is 5.92 Å². The third-order valence-corrected chi connectivity index (χ3v) is 5.00. The van der Waals surface area contributed by atoms with Crippen LogP contribution in [0.4, 0.5) is 0 Å². The number of nitrogens with zero attached hydrogens (tertiary/aromatic N) is 2. The SMILES string of the molecule is CC(C)c1ccc([C@@H](NC(=O)Cn2ncc3ccccc3c2=O)C(C)C)cc1. The van der Waals surface area contributed by atoms with Crippen LogP contribution >= 0.6 is 0 Å². The fraction of sp³-hybridized carbons (Fsp3) is 0.348. The number of benzene rings is 2. The minimum atomic E-state index is -0.254. The smallest absolute Gasteiger partial charge is 0.275 e. The molecule has 0 unspecified atom stereocenters. The zero-order chi connectivity index (χ0) is 20.3. The van der Waals surface area contributed by atoms with Crippen molar-refractivity contribution < 1.29 is 4.79 Å². The van der Waals surface area contributed by atoms with Crippen molar-refractivity contribution in [1.29, 1.82) is 0 Å². The van der Waals surface area contributed by atoms with Gasteiger partial charge in [-0.1, -0.05) is 70.2 Å². The third kappa shape index (κ3) is 4.30. The van der Waals surface area contributed by atoms with Gasteiger partial charge in [-0.25, -0.2) is 4.68 Å². The largest absolute Gasteiger partial charge is 0.347 e. The molecule has 0 aliphatic heterocycles. The van der Waals surface area contributed by atoms with E-state index in [0.717, 1.165) is 10.9 Å². The summed E-state index contributed by atoms with van der Waals surface area (Å²) in [7, 11) is 0. The second-order valence-corrected chi connectivity index (χ2v) is 7.81. The first-order chi connectivity index (χ1) is 13.4. The van der Waals surface area contributed by atoms with Crippen molar-refractivity contribution >= 4 is 16.7 Å². The summed E-state index contributed by atoms with van der Waals surface area (Å²) in [6.45, 7) is 8.36. The van der Waals surface area contributed by atoms with Crippen molar-refractivity contribution in [2.75, 3.05) is 0 Å². The average Bonchev–Trinajstić information content (AvgIpc) is 2.68. The van der Waals surface area contributed by atoms with E-state index in [9.17, 15) is 9.59 Å². The molecule has 1 heterocycles. The molecule has 0 radical (unpaired) electrons. The highest BCUT2D eigenvalue weighted by Crippen LogP contribution is 2.24. The first kappa shape index (κ1) is 19.8. The zero-order valence-electron chi connectivity index (χ0n) is 16.8. The van der Waals surface area contributed by atoms with E-state index in [0.29, 0.717) is 11.3 Å². The lowest BCUT2D eigenvalue weighted by molar-refractivity contribution is -0.123. The molecule has 0 aliphatic carbocycles. The van der Waals surface area contributed by atoms with Crippen molar-refractivity contribution in [3.05, 3.63) is 76.2 Å². The van der Waals surface area contributed by atoms with Gasteiger partial charge in [0.1, 0.15) is 6.54 Å². The highest BCUT2D eigenvalue weighted by atomic mass is 16.2. The number of carbonyl (C=O) groups is 1. The number of fused-ring (bicyclic) bond motifs is 1. The lowest BCUT2D eigenvalue weighted by atomic mass is 9.93.